The van der Waals surface area contributed by atoms with E-state index in [9.17, 15) is 9.59 Å². The molecule has 0 aliphatic rings. The number of rotatable bonds is 8. The fourth-order valence-electron chi connectivity index (χ4n) is 3.98. The summed E-state index contributed by atoms with van der Waals surface area (Å²) in [7, 11) is 0. The molecule has 1 unspecified atom stereocenters. The Morgan fingerprint density at radius 2 is 1.69 bits per heavy atom. The van der Waals surface area contributed by atoms with Crippen LogP contribution in [0.15, 0.2) is 42.5 Å². The summed E-state index contributed by atoms with van der Waals surface area (Å²) in [4.78, 5) is 24.1. The van der Waals surface area contributed by atoms with Crippen molar-refractivity contribution < 1.29 is 19.4 Å². The van der Waals surface area contributed by atoms with E-state index in [4.69, 9.17) is 21.4 Å². The molecule has 1 heterocycles. The number of aryl methyl sites for hydroxylation is 2. The first-order chi connectivity index (χ1) is 16.4. The Morgan fingerprint density at radius 1 is 1.09 bits per heavy atom. The Bertz CT molecular complexity index is 1200. The molecule has 0 saturated carbocycles. The summed E-state index contributed by atoms with van der Waals surface area (Å²) in [6, 6.07) is 14.4. The van der Waals surface area contributed by atoms with E-state index in [-0.39, 0.29) is 30.4 Å². The lowest BCUT2D eigenvalue weighted by Gasteiger charge is -2.20. The fourth-order valence-corrected chi connectivity index (χ4v) is 5.38. The van der Waals surface area contributed by atoms with Crippen LogP contribution in [0.3, 0.4) is 0 Å². The molecule has 0 fully saturated rings. The lowest BCUT2D eigenvalue weighted by Crippen LogP contribution is -2.25. The molecule has 0 radical (unpaired) electrons. The van der Waals surface area contributed by atoms with Crippen LogP contribution in [0.4, 0.5) is 0 Å². The second-order valence-corrected chi connectivity index (χ2v) is 11.2. The third kappa shape index (κ3) is 6.65. The number of hydrogen-bond acceptors (Lipinski definition) is 4. The summed E-state index contributed by atoms with van der Waals surface area (Å²) in [5.74, 6) is -0.569. The average molecular weight is 514 g/mol. The van der Waals surface area contributed by atoms with E-state index < -0.39 is 5.97 Å². The van der Waals surface area contributed by atoms with Gasteiger partial charge >= 0.3 is 5.97 Å². The summed E-state index contributed by atoms with van der Waals surface area (Å²) in [6.45, 7) is 12.7. The number of aliphatic carboxylic acids is 1. The molecule has 5 nitrogen and oxygen atoms in total. The molecule has 0 bridgehead atoms. The van der Waals surface area contributed by atoms with Crippen LogP contribution in [-0.4, -0.2) is 23.5 Å². The molecule has 0 aliphatic carbocycles. The van der Waals surface area contributed by atoms with Crippen molar-refractivity contribution in [2.45, 2.75) is 59.5 Å². The molecule has 35 heavy (non-hydrogen) atoms. The summed E-state index contributed by atoms with van der Waals surface area (Å²) in [5, 5.41) is 11.8. The Kier molecular flexibility index (Phi) is 8.29. The zero-order chi connectivity index (χ0) is 25.9. The Labute approximate surface area is 216 Å². The topological polar surface area (TPSA) is 75.6 Å². The molecule has 3 aromatic rings. The smallest absolute Gasteiger partial charge is 0.305 e. The number of hydrogen-bond donors (Lipinski definition) is 2. The SMILES string of the molecule is Cc1cc(OC(C)c2sc(C(=O)NCCC(=O)O)cc2Cl)cc(C)c1-c1ccc(C(C)(C)C)cc1. The minimum atomic E-state index is -0.962. The molecule has 3 rings (SSSR count). The standard InChI is InChI=1S/C28H32ClNO4S/c1-16-13-21(14-17(2)25(16)19-7-9-20(10-8-19)28(4,5)6)34-18(3)26-22(29)15-23(35-26)27(33)30-12-11-24(31)32/h7-10,13-15,18H,11-12H2,1-6H3,(H,30,33)(H,31,32). The molecule has 2 N–H and O–H groups in total. The van der Waals surface area contributed by atoms with E-state index >= 15 is 0 Å². The van der Waals surface area contributed by atoms with Crippen molar-refractivity contribution in [1.29, 1.82) is 0 Å². The summed E-state index contributed by atoms with van der Waals surface area (Å²) in [6.07, 6.45) is -0.490. The van der Waals surface area contributed by atoms with Gasteiger partial charge in [-0.2, -0.15) is 0 Å². The van der Waals surface area contributed by atoms with Crippen LogP contribution in [0, 0.1) is 13.8 Å². The largest absolute Gasteiger partial charge is 0.485 e. The normalized spacial score (nSPS) is 12.3. The number of halogens is 1. The second kappa shape index (κ2) is 10.8. The average Bonchev–Trinajstić information content (AvgIpc) is 3.14. The van der Waals surface area contributed by atoms with Gasteiger partial charge in [0.1, 0.15) is 11.9 Å². The van der Waals surface area contributed by atoms with E-state index in [0.717, 1.165) is 21.8 Å². The molecule has 7 heteroatoms. The molecule has 1 aromatic heterocycles. The number of nitrogens with one attached hydrogen (secondary N) is 1. The number of carbonyl (C=O) groups excluding carboxylic acids is 1. The highest BCUT2D eigenvalue weighted by molar-refractivity contribution is 7.14. The second-order valence-electron chi connectivity index (χ2n) is 9.74. The maximum absolute atomic E-state index is 12.3. The molecule has 1 atom stereocenters. The van der Waals surface area contributed by atoms with Gasteiger partial charge in [-0.15, -0.1) is 11.3 Å². The van der Waals surface area contributed by atoms with Crippen LogP contribution in [-0.2, 0) is 10.2 Å². The highest BCUT2D eigenvalue weighted by Gasteiger charge is 2.20. The van der Waals surface area contributed by atoms with Crippen LogP contribution in [0.1, 0.15) is 71.5 Å². The molecule has 0 saturated heterocycles. The van der Waals surface area contributed by atoms with Gasteiger partial charge in [-0.1, -0.05) is 56.6 Å². The zero-order valence-electron chi connectivity index (χ0n) is 21.0. The third-order valence-corrected chi connectivity index (χ3v) is 7.51. The van der Waals surface area contributed by atoms with E-state index in [2.05, 4.69) is 64.2 Å². The van der Waals surface area contributed by atoms with Gasteiger partial charge in [0.15, 0.2) is 0 Å². The van der Waals surface area contributed by atoms with Gasteiger partial charge in [-0.05, 0) is 72.2 Å². The van der Waals surface area contributed by atoms with Gasteiger partial charge in [-0.3, -0.25) is 9.59 Å². The van der Waals surface area contributed by atoms with Crippen LogP contribution >= 0.6 is 22.9 Å². The highest BCUT2D eigenvalue weighted by atomic mass is 35.5. The van der Waals surface area contributed by atoms with Crippen molar-refractivity contribution >= 4 is 34.8 Å². The van der Waals surface area contributed by atoms with Crippen LogP contribution in [0.2, 0.25) is 5.02 Å². The van der Waals surface area contributed by atoms with Crippen molar-refractivity contribution in [2.24, 2.45) is 0 Å². The zero-order valence-corrected chi connectivity index (χ0v) is 22.6. The van der Waals surface area contributed by atoms with Gasteiger partial charge in [0.25, 0.3) is 5.91 Å². The van der Waals surface area contributed by atoms with E-state index in [0.29, 0.717) is 9.90 Å². The maximum Gasteiger partial charge on any atom is 0.305 e. The number of amides is 1. The number of benzene rings is 2. The number of ether oxygens (including phenoxy) is 1. The van der Waals surface area contributed by atoms with E-state index in [1.165, 1.54) is 28.0 Å². The Morgan fingerprint density at radius 3 is 2.23 bits per heavy atom. The van der Waals surface area contributed by atoms with E-state index in [1.807, 2.05) is 19.1 Å². The predicted octanol–water partition coefficient (Wildman–Crippen LogP) is 7.33. The highest BCUT2D eigenvalue weighted by Crippen LogP contribution is 2.37. The lowest BCUT2D eigenvalue weighted by molar-refractivity contribution is -0.136. The summed E-state index contributed by atoms with van der Waals surface area (Å²) in [5.41, 5.74) is 6.01. The summed E-state index contributed by atoms with van der Waals surface area (Å²) < 4.78 is 6.22. The minimum absolute atomic E-state index is 0.0644. The van der Waals surface area contributed by atoms with E-state index in [1.54, 1.807) is 6.07 Å². The maximum atomic E-state index is 12.3. The first-order valence-electron chi connectivity index (χ1n) is 11.5. The quantitative estimate of drug-likeness (QED) is 0.330. The van der Waals surface area contributed by atoms with Crippen molar-refractivity contribution in [1.82, 2.24) is 5.32 Å². The number of carbonyl (C=O) groups is 2. The molecule has 2 aromatic carbocycles. The molecule has 0 spiro atoms. The first-order valence-corrected chi connectivity index (χ1v) is 12.7. The molecule has 186 valence electrons. The van der Waals surface area contributed by atoms with Crippen LogP contribution in [0.5, 0.6) is 5.75 Å². The van der Waals surface area contributed by atoms with Gasteiger partial charge < -0.3 is 15.2 Å². The van der Waals surface area contributed by atoms with Gasteiger partial charge in [0, 0.05) is 6.54 Å². The van der Waals surface area contributed by atoms with Crippen molar-refractivity contribution in [3.63, 3.8) is 0 Å². The van der Waals surface area contributed by atoms with Crippen molar-refractivity contribution in [3.8, 4) is 16.9 Å². The number of thiophene rings is 1. The first kappa shape index (κ1) is 26.8. The molecule has 1 amide bonds. The number of carboxylic acids is 1. The van der Waals surface area contributed by atoms with Gasteiger partial charge in [-0.25, -0.2) is 0 Å². The fraction of sp³-hybridized carbons (Fsp3) is 0.357. The Hall–Kier alpha value is -2.83. The monoisotopic (exact) mass is 513 g/mol. The lowest BCUT2D eigenvalue weighted by atomic mass is 9.85. The molecular weight excluding hydrogens is 482 g/mol. The molecule has 0 aliphatic heterocycles. The van der Waals surface area contributed by atoms with Crippen molar-refractivity contribution in [3.05, 3.63) is 73.9 Å². The predicted molar refractivity (Wildman–Crippen MR) is 143 cm³/mol. The van der Waals surface area contributed by atoms with Crippen LogP contribution in [0.25, 0.3) is 11.1 Å². The van der Waals surface area contributed by atoms with Crippen LogP contribution < -0.4 is 10.1 Å². The minimum Gasteiger partial charge on any atom is -0.485 e. The molecular formula is C28H32ClNO4S. The summed E-state index contributed by atoms with van der Waals surface area (Å²) >= 11 is 7.65. The van der Waals surface area contributed by atoms with Gasteiger partial charge in [0.05, 0.1) is 21.2 Å². The van der Waals surface area contributed by atoms with Gasteiger partial charge in [0.2, 0.25) is 0 Å². The Balaban J connectivity index is 1.76. The third-order valence-electron chi connectivity index (χ3n) is 5.79. The number of carboxylic acid groups (broad SMARTS) is 1. The van der Waals surface area contributed by atoms with Crippen molar-refractivity contribution in [2.75, 3.05) is 6.54 Å².